The molecule has 0 amide bonds. The minimum Gasteiger partial charge on any atom is -0.396 e. The van der Waals surface area contributed by atoms with Crippen LogP contribution < -0.4 is 0 Å². The molecule has 1 unspecified atom stereocenters. The van der Waals surface area contributed by atoms with E-state index in [4.69, 9.17) is 10.6 Å². The lowest BCUT2D eigenvalue weighted by Crippen LogP contribution is -1.97. The normalized spacial score (nSPS) is 12.2. The smallest absolute Gasteiger partial charge is 0.0626 e. The first-order valence-corrected chi connectivity index (χ1v) is 5.94. The fraction of sp³-hybridized carbons (Fsp3) is 0.538. The highest BCUT2D eigenvalue weighted by molar-refractivity contribution is 5.26. The zero-order chi connectivity index (χ0) is 12.7. The van der Waals surface area contributed by atoms with E-state index in [0.717, 1.165) is 5.56 Å². The maximum Gasteiger partial charge on any atom is 0.0626 e. The molecule has 0 fully saturated rings. The van der Waals surface area contributed by atoms with Crippen molar-refractivity contribution in [2.45, 2.75) is 38.6 Å². The maximum absolute atomic E-state index is 8.81. The molecule has 0 aliphatic heterocycles. The molecule has 1 N–H and O–H groups in total. The number of azide groups is 1. The quantitative estimate of drug-likeness (QED) is 0.451. The highest BCUT2D eigenvalue weighted by Gasteiger charge is 2.09. The van der Waals surface area contributed by atoms with E-state index in [-0.39, 0.29) is 12.6 Å². The van der Waals surface area contributed by atoms with E-state index in [1.54, 1.807) is 0 Å². The number of rotatable bonds is 6. The first-order chi connectivity index (χ1) is 8.19. The first kappa shape index (κ1) is 13.6. The van der Waals surface area contributed by atoms with Gasteiger partial charge < -0.3 is 5.11 Å². The second-order valence-electron chi connectivity index (χ2n) is 4.41. The molecule has 0 heterocycles. The Hall–Kier alpha value is -1.51. The first-order valence-electron chi connectivity index (χ1n) is 5.94. The van der Waals surface area contributed by atoms with Crippen LogP contribution in [-0.2, 0) is 0 Å². The molecule has 17 heavy (non-hydrogen) atoms. The Morgan fingerprint density at radius 1 is 1.24 bits per heavy atom. The van der Waals surface area contributed by atoms with E-state index < -0.39 is 0 Å². The minimum atomic E-state index is -0.173. The van der Waals surface area contributed by atoms with E-state index in [1.165, 1.54) is 5.56 Å². The molecule has 1 aromatic rings. The summed E-state index contributed by atoms with van der Waals surface area (Å²) in [5.41, 5.74) is 10.8. The predicted molar refractivity (Wildman–Crippen MR) is 68.7 cm³/mol. The van der Waals surface area contributed by atoms with Crippen molar-refractivity contribution in [3.8, 4) is 0 Å². The number of aliphatic hydroxyl groups excluding tert-OH is 1. The van der Waals surface area contributed by atoms with Gasteiger partial charge in [-0.3, -0.25) is 0 Å². The fourth-order valence-electron chi connectivity index (χ4n) is 1.74. The molecular weight excluding hydrogens is 214 g/mol. The van der Waals surface area contributed by atoms with E-state index >= 15 is 0 Å². The van der Waals surface area contributed by atoms with E-state index in [1.807, 2.05) is 12.1 Å². The molecule has 1 aromatic carbocycles. The number of nitrogens with zero attached hydrogens (tertiary/aromatic N) is 3. The zero-order valence-electron chi connectivity index (χ0n) is 10.4. The summed E-state index contributed by atoms with van der Waals surface area (Å²) >= 11 is 0. The van der Waals surface area contributed by atoms with Crippen LogP contribution in [0.25, 0.3) is 10.4 Å². The zero-order valence-corrected chi connectivity index (χ0v) is 10.4. The van der Waals surface area contributed by atoms with E-state index in [9.17, 15) is 0 Å². The van der Waals surface area contributed by atoms with Crippen molar-refractivity contribution in [1.82, 2.24) is 0 Å². The van der Waals surface area contributed by atoms with Gasteiger partial charge in [0, 0.05) is 11.5 Å². The molecule has 0 saturated heterocycles. The average molecular weight is 233 g/mol. The SMILES string of the molecule is CC(C)c1ccc(C(CCCO)N=[N+]=[N-])cc1. The monoisotopic (exact) mass is 233 g/mol. The van der Waals surface area contributed by atoms with Crippen LogP contribution in [0.4, 0.5) is 0 Å². The van der Waals surface area contributed by atoms with Gasteiger partial charge in [-0.05, 0) is 35.4 Å². The lowest BCUT2D eigenvalue weighted by Gasteiger charge is -2.12. The molecule has 0 aliphatic carbocycles. The molecule has 0 aliphatic rings. The molecule has 1 atom stereocenters. The van der Waals surface area contributed by atoms with Gasteiger partial charge in [0.15, 0.2) is 0 Å². The molecule has 4 nitrogen and oxygen atoms in total. The van der Waals surface area contributed by atoms with Crippen LogP contribution in [0.3, 0.4) is 0 Å². The highest BCUT2D eigenvalue weighted by atomic mass is 16.2. The van der Waals surface area contributed by atoms with Crippen molar-refractivity contribution in [3.05, 3.63) is 45.8 Å². The second kappa shape index (κ2) is 6.94. The Kier molecular flexibility index (Phi) is 5.53. The summed E-state index contributed by atoms with van der Waals surface area (Å²) in [6.07, 6.45) is 1.33. The molecule has 0 saturated carbocycles. The van der Waals surface area contributed by atoms with Crippen LogP contribution in [0.15, 0.2) is 29.4 Å². The molecule has 0 radical (unpaired) electrons. The maximum atomic E-state index is 8.81. The van der Waals surface area contributed by atoms with Crippen molar-refractivity contribution in [3.63, 3.8) is 0 Å². The van der Waals surface area contributed by atoms with Gasteiger partial charge in [0.05, 0.1) is 6.04 Å². The van der Waals surface area contributed by atoms with Gasteiger partial charge >= 0.3 is 0 Å². The summed E-state index contributed by atoms with van der Waals surface area (Å²) in [6, 6.07) is 7.98. The standard InChI is InChI=1S/C13H19N3O/c1-10(2)11-5-7-12(8-6-11)13(15-16-14)4-3-9-17/h5-8,10,13,17H,3-4,9H2,1-2H3. The topological polar surface area (TPSA) is 69.0 Å². The van der Waals surface area contributed by atoms with Gasteiger partial charge in [-0.15, -0.1) is 0 Å². The van der Waals surface area contributed by atoms with Gasteiger partial charge in [0.25, 0.3) is 0 Å². The summed E-state index contributed by atoms with van der Waals surface area (Å²) in [5.74, 6) is 0.499. The van der Waals surface area contributed by atoms with Gasteiger partial charge in [-0.25, -0.2) is 0 Å². The van der Waals surface area contributed by atoms with Gasteiger partial charge in [-0.1, -0.05) is 43.2 Å². The van der Waals surface area contributed by atoms with Crippen molar-refractivity contribution in [2.75, 3.05) is 6.61 Å². The number of aliphatic hydroxyl groups is 1. The molecule has 0 aromatic heterocycles. The summed E-state index contributed by atoms with van der Waals surface area (Å²) in [6.45, 7) is 4.42. The van der Waals surface area contributed by atoms with Crippen molar-refractivity contribution < 1.29 is 5.11 Å². The summed E-state index contributed by atoms with van der Waals surface area (Å²) in [4.78, 5) is 2.87. The van der Waals surface area contributed by atoms with Crippen LogP contribution >= 0.6 is 0 Å². The van der Waals surface area contributed by atoms with Gasteiger partial charge in [-0.2, -0.15) is 0 Å². The largest absolute Gasteiger partial charge is 0.396 e. The van der Waals surface area contributed by atoms with Crippen LogP contribution in [0.5, 0.6) is 0 Å². The summed E-state index contributed by atoms with van der Waals surface area (Å²) < 4.78 is 0. The average Bonchev–Trinajstić information content (AvgIpc) is 2.34. The van der Waals surface area contributed by atoms with Crippen LogP contribution in [-0.4, -0.2) is 11.7 Å². The van der Waals surface area contributed by atoms with Crippen molar-refractivity contribution in [2.24, 2.45) is 5.11 Å². The van der Waals surface area contributed by atoms with Crippen LogP contribution in [0.1, 0.15) is 49.8 Å². The molecular formula is C13H19N3O. The number of benzene rings is 1. The molecule has 4 heteroatoms. The van der Waals surface area contributed by atoms with Gasteiger partial charge in [0.2, 0.25) is 0 Å². The Morgan fingerprint density at radius 2 is 1.82 bits per heavy atom. The third-order valence-corrected chi connectivity index (χ3v) is 2.81. The Balaban J connectivity index is 2.83. The Morgan fingerprint density at radius 3 is 2.29 bits per heavy atom. The third-order valence-electron chi connectivity index (χ3n) is 2.81. The van der Waals surface area contributed by atoms with Crippen molar-refractivity contribution in [1.29, 1.82) is 0 Å². The Labute approximate surface area is 102 Å². The lowest BCUT2D eigenvalue weighted by molar-refractivity contribution is 0.280. The lowest BCUT2D eigenvalue weighted by atomic mass is 9.97. The van der Waals surface area contributed by atoms with Crippen molar-refractivity contribution >= 4 is 0 Å². The number of hydrogen-bond donors (Lipinski definition) is 1. The fourth-order valence-corrected chi connectivity index (χ4v) is 1.74. The Bertz CT molecular complexity index is 380. The van der Waals surface area contributed by atoms with Gasteiger partial charge in [0.1, 0.15) is 0 Å². The molecule has 0 spiro atoms. The minimum absolute atomic E-state index is 0.127. The third kappa shape index (κ3) is 4.10. The number of hydrogen-bond acceptors (Lipinski definition) is 2. The van der Waals surface area contributed by atoms with E-state index in [2.05, 4.69) is 36.0 Å². The highest BCUT2D eigenvalue weighted by Crippen LogP contribution is 2.25. The van der Waals surface area contributed by atoms with Crippen LogP contribution in [0.2, 0.25) is 0 Å². The predicted octanol–water partition coefficient (Wildman–Crippen LogP) is 3.93. The molecule has 0 bridgehead atoms. The molecule has 1 rings (SSSR count). The summed E-state index contributed by atoms with van der Waals surface area (Å²) in [5, 5.41) is 12.6. The van der Waals surface area contributed by atoms with E-state index in [0.29, 0.717) is 18.8 Å². The van der Waals surface area contributed by atoms with Crippen LogP contribution in [0, 0.1) is 0 Å². The summed E-state index contributed by atoms with van der Waals surface area (Å²) in [7, 11) is 0. The molecule has 92 valence electrons. The second-order valence-corrected chi connectivity index (χ2v) is 4.41.